The van der Waals surface area contributed by atoms with Crippen molar-refractivity contribution in [2.75, 3.05) is 26.2 Å². The first-order valence-corrected chi connectivity index (χ1v) is 7.27. The number of nitrogens with zero attached hydrogens (tertiary/aromatic N) is 1. The number of rotatable bonds is 1. The van der Waals surface area contributed by atoms with Crippen molar-refractivity contribution in [1.29, 1.82) is 0 Å². The van der Waals surface area contributed by atoms with Crippen molar-refractivity contribution in [3.63, 3.8) is 0 Å². The van der Waals surface area contributed by atoms with Gasteiger partial charge in [-0.05, 0) is 30.0 Å². The van der Waals surface area contributed by atoms with Crippen LogP contribution in [0.1, 0.15) is 10.4 Å². The first-order valence-electron chi connectivity index (χ1n) is 6.10. The fourth-order valence-corrected chi connectivity index (χ4v) is 3.41. The van der Waals surface area contributed by atoms with E-state index < -0.39 is 0 Å². The summed E-state index contributed by atoms with van der Waals surface area (Å²) in [6.45, 7) is 3.75. The Balaban J connectivity index is 1.81. The van der Waals surface area contributed by atoms with Gasteiger partial charge in [0.25, 0.3) is 5.91 Å². The number of amides is 1. The number of hydrogen-bond donors (Lipinski definition) is 1. The van der Waals surface area contributed by atoms with Crippen LogP contribution in [0.15, 0.2) is 22.7 Å². The molecule has 3 rings (SSSR count). The molecule has 0 radical (unpaired) electrons. The molecule has 96 valence electrons. The molecule has 0 bridgehead atoms. The summed E-state index contributed by atoms with van der Waals surface area (Å²) < 4.78 is 0.885. The second-order valence-corrected chi connectivity index (χ2v) is 6.34. The standard InChI is InChI=1S/C13H14BrClN2O/c14-10-1-2-12(15)11(3-10)13(18)17-6-8-4-16-5-9(8)7-17/h1-3,8-9,16H,4-7H2/t8-,9+. The molecule has 0 aromatic heterocycles. The number of fused-ring (bicyclic) bond motifs is 1. The quantitative estimate of drug-likeness (QED) is 0.858. The lowest BCUT2D eigenvalue weighted by molar-refractivity contribution is 0.0782. The zero-order valence-corrected chi connectivity index (χ0v) is 12.2. The number of halogens is 2. The molecule has 0 aliphatic carbocycles. The minimum atomic E-state index is 0.0516. The van der Waals surface area contributed by atoms with Crippen LogP contribution in [0.3, 0.4) is 0 Å². The second kappa shape index (κ2) is 4.83. The molecule has 2 saturated heterocycles. The van der Waals surface area contributed by atoms with Crippen LogP contribution >= 0.6 is 27.5 Å². The molecule has 1 N–H and O–H groups in total. The lowest BCUT2D eigenvalue weighted by Gasteiger charge is -2.18. The summed E-state index contributed by atoms with van der Waals surface area (Å²) in [6, 6.07) is 5.41. The molecule has 1 amide bonds. The van der Waals surface area contributed by atoms with E-state index in [4.69, 9.17) is 11.6 Å². The minimum Gasteiger partial charge on any atom is -0.338 e. The maximum absolute atomic E-state index is 12.5. The Morgan fingerprint density at radius 1 is 1.33 bits per heavy atom. The summed E-state index contributed by atoms with van der Waals surface area (Å²) in [6.07, 6.45) is 0. The Hall–Kier alpha value is -0.580. The van der Waals surface area contributed by atoms with Gasteiger partial charge in [0.15, 0.2) is 0 Å². The van der Waals surface area contributed by atoms with E-state index in [0.29, 0.717) is 22.4 Å². The second-order valence-electron chi connectivity index (χ2n) is 5.01. The van der Waals surface area contributed by atoms with Gasteiger partial charge in [0, 0.05) is 30.7 Å². The average Bonchev–Trinajstić information content (AvgIpc) is 2.91. The third-order valence-electron chi connectivity index (χ3n) is 3.84. The van der Waals surface area contributed by atoms with E-state index in [2.05, 4.69) is 21.2 Å². The summed E-state index contributed by atoms with van der Waals surface area (Å²) >= 11 is 9.49. The number of likely N-dealkylation sites (tertiary alicyclic amines) is 1. The number of nitrogens with one attached hydrogen (secondary N) is 1. The maximum atomic E-state index is 12.5. The van der Waals surface area contributed by atoms with E-state index in [1.54, 1.807) is 12.1 Å². The molecule has 0 saturated carbocycles. The fourth-order valence-electron chi connectivity index (χ4n) is 2.85. The molecular formula is C13H14BrClN2O. The topological polar surface area (TPSA) is 32.3 Å². The van der Waals surface area contributed by atoms with Gasteiger partial charge >= 0.3 is 0 Å². The number of carbonyl (C=O) groups excluding carboxylic acids is 1. The monoisotopic (exact) mass is 328 g/mol. The van der Waals surface area contributed by atoms with E-state index >= 15 is 0 Å². The highest BCUT2D eigenvalue weighted by atomic mass is 79.9. The van der Waals surface area contributed by atoms with Crippen molar-refractivity contribution in [2.45, 2.75) is 0 Å². The van der Waals surface area contributed by atoms with E-state index in [1.165, 1.54) is 0 Å². The van der Waals surface area contributed by atoms with Crippen molar-refractivity contribution in [2.24, 2.45) is 11.8 Å². The molecule has 0 unspecified atom stereocenters. The lowest BCUT2D eigenvalue weighted by Crippen LogP contribution is -2.32. The van der Waals surface area contributed by atoms with Crippen LogP contribution in [0.25, 0.3) is 0 Å². The van der Waals surface area contributed by atoms with Crippen LogP contribution in [-0.4, -0.2) is 37.0 Å². The third-order valence-corrected chi connectivity index (χ3v) is 4.66. The predicted octanol–water partition coefficient (Wildman–Crippen LogP) is 2.39. The number of hydrogen-bond acceptors (Lipinski definition) is 2. The molecule has 5 heteroatoms. The minimum absolute atomic E-state index is 0.0516. The number of carbonyl (C=O) groups is 1. The molecule has 2 fully saturated rings. The molecule has 2 heterocycles. The summed E-state index contributed by atoms with van der Waals surface area (Å²) in [5.74, 6) is 1.27. The van der Waals surface area contributed by atoms with Crippen molar-refractivity contribution in [3.05, 3.63) is 33.3 Å². The highest BCUT2D eigenvalue weighted by Gasteiger charge is 2.38. The van der Waals surface area contributed by atoms with Gasteiger partial charge in [-0.2, -0.15) is 0 Å². The first-order chi connectivity index (χ1) is 8.65. The Bertz CT molecular complexity index is 482. The van der Waals surface area contributed by atoms with Crippen LogP contribution in [0.2, 0.25) is 5.02 Å². The van der Waals surface area contributed by atoms with E-state index in [-0.39, 0.29) is 5.91 Å². The van der Waals surface area contributed by atoms with Gasteiger partial charge in [0.2, 0.25) is 0 Å². The zero-order valence-electron chi connectivity index (χ0n) is 9.83. The van der Waals surface area contributed by atoms with Gasteiger partial charge in [-0.15, -0.1) is 0 Å². The third kappa shape index (κ3) is 2.17. The van der Waals surface area contributed by atoms with E-state index in [1.807, 2.05) is 11.0 Å². The molecule has 2 atom stereocenters. The van der Waals surface area contributed by atoms with Crippen LogP contribution in [0.4, 0.5) is 0 Å². The van der Waals surface area contributed by atoms with Crippen LogP contribution in [-0.2, 0) is 0 Å². The van der Waals surface area contributed by atoms with Gasteiger partial charge < -0.3 is 10.2 Å². The SMILES string of the molecule is O=C(c1cc(Br)ccc1Cl)N1C[C@H]2CNC[C@H]2C1. The normalized spacial score (nSPS) is 26.4. The zero-order chi connectivity index (χ0) is 12.7. The van der Waals surface area contributed by atoms with Gasteiger partial charge in [-0.1, -0.05) is 27.5 Å². The van der Waals surface area contributed by atoms with E-state index in [9.17, 15) is 4.79 Å². The summed E-state index contributed by atoms with van der Waals surface area (Å²) in [7, 11) is 0. The number of benzene rings is 1. The predicted molar refractivity (Wildman–Crippen MR) is 74.9 cm³/mol. The van der Waals surface area contributed by atoms with Crippen molar-refractivity contribution < 1.29 is 4.79 Å². The molecule has 1 aromatic carbocycles. The van der Waals surface area contributed by atoms with Gasteiger partial charge in [-0.25, -0.2) is 0 Å². The summed E-state index contributed by atoms with van der Waals surface area (Å²) in [5, 5.41) is 3.90. The summed E-state index contributed by atoms with van der Waals surface area (Å²) in [5.41, 5.74) is 0.596. The highest BCUT2D eigenvalue weighted by Crippen LogP contribution is 2.29. The van der Waals surface area contributed by atoms with Gasteiger partial charge in [-0.3, -0.25) is 4.79 Å². The van der Waals surface area contributed by atoms with Gasteiger partial charge in [0.05, 0.1) is 10.6 Å². The molecule has 18 heavy (non-hydrogen) atoms. The van der Waals surface area contributed by atoms with Gasteiger partial charge in [0.1, 0.15) is 0 Å². The Morgan fingerprint density at radius 3 is 2.67 bits per heavy atom. The first kappa shape index (κ1) is 12.5. The molecule has 1 aromatic rings. The Kier molecular flexibility index (Phi) is 3.34. The highest BCUT2D eigenvalue weighted by molar-refractivity contribution is 9.10. The molecular weight excluding hydrogens is 316 g/mol. The Labute approximate surface area is 120 Å². The van der Waals surface area contributed by atoms with Crippen LogP contribution in [0, 0.1) is 11.8 Å². The molecule has 2 aliphatic heterocycles. The smallest absolute Gasteiger partial charge is 0.255 e. The maximum Gasteiger partial charge on any atom is 0.255 e. The lowest BCUT2D eigenvalue weighted by atomic mass is 10.0. The largest absolute Gasteiger partial charge is 0.338 e. The van der Waals surface area contributed by atoms with Crippen LogP contribution in [0.5, 0.6) is 0 Å². The van der Waals surface area contributed by atoms with E-state index in [0.717, 1.165) is 30.7 Å². The summed E-state index contributed by atoms with van der Waals surface area (Å²) in [4.78, 5) is 14.4. The fraction of sp³-hybridized carbons (Fsp3) is 0.462. The van der Waals surface area contributed by atoms with Crippen molar-refractivity contribution in [3.8, 4) is 0 Å². The van der Waals surface area contributed by atoms with Crippen LogP contribution < -0.4 is 5.32 Å². The van der Waals surface area contributed by atoms with Crippen molar-refractivity contribution in [1.82, 2.24) is 10.2 Å². The Morgan fingerprint density at radius 2 is 2.00 bits per heavy atom. The molecule has 2 aliphatic rings. The molecule has 3 nitrogen and oxygen atoms in total. The molecule has 0 spiro atoms. The van der Waals surface area contributed by atoms with Crippen molar-refractivity contribution >= 4 is 33.4 Å². The average molecular weight is 330 g/mol.